The van der Waals surface area contributed by atoms with Gasteiger partial charge in [-0.1, -0.05) is 36.2 Å². The van der Waals surface area contributed by atoms with Crippen molar-refractivity contribution in [3.8, 4) is 0 Å². The average Bonchev–Trinajstić information content (AvgIpc) is 2.68. The van der Waals surface area contributed by atoms with Crippen molar-refractivity contribution in [3.63, 3.8) is 0 Å². The lowest BCUT2D eigenvalue weighted by molar-refractivity contribution is 0.0927. The Morgan fingerprint density at radius 1 is 1.33 bits per heavy atom. The minimum atomic E-state index is -0.193. The van der Waals surface area contributed by atoms with Crippen molar-refractivity contribution in [1.82, 2.24) is 14.9 Å². The molecule has 0 bridgehead atoms. The molecule has 1 aromatic carbocycles. The molecule has 2 heterocycles. The van der Waals surface area contributed by atoms with Crippen LogP contribution in [0.25, 0.3) is 10.9 Å². The third kappa shape index (κ3) is 5.09. The van der Waals surface area contributed by atoms with E-state index >= 15 is 0 Å². The smallest absolute Gasteiger partial charge is 0.409 e. The fraction of sp³-hybridized carbons (Fsp3) is 0.550. The number of hydrogen-bond donors (Lipinski definition) is 1. The molecular formula is C20H27BrN4O2. The molecule has 0 aliphatic carbocycles. The number of nitrogens with one attached hydrogen (secondary N) is 1. The van der Waals surface area contributed by atoms with Crippen LogP contribution < -0.4 is 5.32 Å². The maximum atomic E-state index is 12.0. The van der Waals surface area contributed by atoms with Gasteiger partial charge < -0.3 is 15.0 Å². The van der Waals surface area contributed by atoms with Crippen LogP contribution in [0.3, 0.4) is 0 Å². The van der Waals surface area contributed by atoms with Gasteiger partial charge in [-0.15, -0.1) is 0 Å². The molecule has 7 heteroatoms. The molecule has 1 aliphatic rings. The van der Waals surface area contributed by atoms with Gasteiger partial charge in [0, 0.05) is 35.2 Å². The van der Waals surface area contributed by atoms with Gasteiger partial charge in [-0.25, -0.2) is 14.8 Å². The first-order valence-corrected chi connectivity index (χ1v) is 10.5. The van der Waals surface area contributed by atoms with E-state index in [1.165, 1.54) is 5.56 Å². The Hall–Kier alpha value is -1.89. The molecule has 1 aliphatic heterocycles. The second kappa shape index (κ2) is 9.35. The highest BCUT2D eigenvalue weighted by molar-refractivity contribution is 9.10. The van der Waals surface area contributed by atoms with Crippen LogP contribution >= 0.6 is 15.9 Å². The van der Waals surface area contributed by atoms with Gasteiger partial charge in [0.15, 0.2) is 0 Å². The number of piperidine rings is 1. The summed E-state index contributed by atoms with van der Waals surface area (Å²) in [4.78, 5) is 23.0. The summed E-state index contributed by atoms with van der Waals surface area (Å²) in [6, 6.07) is 4.42. The van der Waals surface area contributed by atoms with Gasteiger partial charge >= 0.3 is 6.09 Å². The van der Waals surface area contributed by atoms with Gasteiger partial charge in [0.25, 0.3) is 0 Å². The molecule has 1 saturated heterocycles. The lowest BCUT2D eigenvalue weighted by atomic mass is 10.1. The number of rotatable bonds is 6. The normalized spacial score (nSPS) is 15.1. The highest BCUT2D eigenvalue weighted by Gasteiger charge is 2.24. The van der Waals surface area contributed by atoms with E-state index in [-0.39, 0.29) is 12.1 Å². The number of unbranched alkanes of at least 4 members (excludes halogenated alkanes) is 1. The Kier molecular flexibility index (Phi) is 6.88. The summed E-state index contributed by atoms with van der Waals surface area (Å²) in [5.41, 5.74) is 2.20. The van der Waals surface area contributed by atoms with Gasteiger partial charge in [0.2, 0.25) is 5.95 Å². The Morgan fingerprint density at radius 3 is 2.81 bits per heavy atom. The van der Waals surface area contributed by atoms with Crippen LogP contribution in [0.2, 0.25) is 0 Å². The van der Waals surface area contributed by atoms with Crippen molar-refractivity contribution >= 4 is 38.9 Å². The van der Waals surface area contributed by atoms with Crippen molar-refractivity contribution in [2.75, 3.05) is 25.0 Å². The van der Waals surface area contributed by atoms with E-state index in [9.17, 15) is 4.79 Å². The third-order valence-electron chi connectivity index (χ3n) is 4.92. The molecule has 3 rings (SSSR count). The number of benzene rings is 1. The zero-order chi connectivity index (χ0) is 19.2. The summed E-state index contributed by atoms with van der Waals surface area (Å²) < 4.78 is 6.35. The monoisotopic (exact) mass is 434 g/mol. The Morgan fingerprint density at radius 2 is 2.11 bits per heavy atom. The fourth-order valence-electron chi connectivity index (χ4n) is 3.30. The number of aromatic nitrogens is 2. The molecule has 0 saturated carbocycles. The van der Waals surface area contributed by atoms with Gasteiger partial charge in [0.05, 0.1) is 12.1 Å². The van der Waals surface area contributed by atoms with E-state index in [1.807, 2.05) is 12.3 Å². The number of anilines is 1. The van der Waals surface area contributed by atoms with Crippen LogP contribution in [-0.2, 0) is 11.2 Å². The maximum Gasteiger partial charge on any atom is 0.409 e. The van der Waals surface area contributed by atoms with E-state index in [1.54, 1.807) is 4.90 Å². The molecule has 0 unspecified atom stereocenters. The minimum absolute atomic E-state index is 0.193. The maximum absolute atomic E-state index is 12.0. The van der Waals surface area contributed by atoms with E-state index in [0.717, 1.165) is 47.5 Å². The molecular weight excluding hydrogens is 408 g/mol. The fourth-order valence-corrected chi connectivity index (χ4v) is 3.83. The second-order valence-corrected chi connectivity index (χ2v) is 7.84. The molecule has 0 spiro atoms. The SMILES string of the molecule is CCCCOC(=O)N1CCC(Nc2ncc3cc(Br)cc(CC)c3n2)CC1. The van der Waals surface area contributed by atoms with Gasteiger partial charge in [-0.2, -0.15) is 0 Å². The molecule has 1 amide bonds. The summed E-state index contributed by atoms with van der Waals surface area (Å²) in [6.07, 6.45) is 6.28. The van der Waals surface area contributed by atoms with Crippen molar-refractivity contribution in [1.29, 1.82) is 0 Å². The van der Waals surface area contributed by atoms with Gasteiger partial charge in [-0.3, -0.25) is 0 Å². The van der Waals surface area contributed by atoms with Crippen LogP contribution in [0.4, 0.5) is 10.7 Å². The zero-order valence-electron chi connectivity index (χ0n) is 16.0. The summed E-state index contributed by atoms with van der Waals surface area (Å²) >= 11 is 3.55. The number of likely N-dealkylation sites (tertiary alicyclic amines) is 1. The van der Waals surface area contributed by atoms with E-state index in [4.69, 9.17) is 9.72 Å². The number of ether oxygens (including phenoxy) is 1. The Labute approximate surface area is 168 Å². The van der Waals surface area contributed by atoms with Crippen LogP contribution in [0, 0.1) is 0 Å². The number of hydrogen-bond acceptors (Lipinski definition) is 5. The molecule has 0 atom stereocenters. The largest absolute Gasteiger partial charge is 0.449 e. The second-order valence-electron chi connectivity index (χ2n) is 6.92. The van der Waals surface area contributed by atoms with E-state index < -0.39 is 0 Å². The molecule has 1 N–H and O–H groups in total. The summed E-state index contributed by atoms with van der Waals surface area (Å²) in [6.45, 7) is 6.12. The quantitative estimate of drug-likeness (QED) is 0.663. The van der Waals surface area contributed by atoms with E-state index in [0.29, 0.717) is 25.6 Å². The van der Waals surface area contributed by atoms with E-state index in [2.05, 4.69) is 46.1 Å². The number of carbonyl (C=O) groups is 1. The zero-order valence-corrected chi connectivity index (χ0v) is 17.6. The number of halogens is 1. The number of amides is 1. The first-order valence-electron chi connectivity index (χ1n) is 9.74. The van der Waals surface area contributed by atoms with Crippen LogP contribution in [0.15, 0.2) is 22.8 Å². The van der Waals surface area contributed by atoms with Crippen molar-refractivity contribution in [2.24, 2.45) is 0 Å². The number of carbonyl (C=O) groups excluding carboxylic acids is 1. The number of fused-ring (bicyclic) bond motifs is 1. The highest BCUT2D eigenvalue weighted by atomic mass is 79.9. The third-order valence-corrected chi connectivity index (χ3v) is 5.38. The number of aryl methyl sites for hydroxylation is 1. The molecule has 27 heavy (non-hydrogen) atoms. The lowest BCUT2D eigenvalue weighted by Gasteiger charge is -2.31. The molecule has 1 fully saturated rings. The molecule has 2 aromatic rings. The lowest BCUT2D eigenvalue weighted by Crippen LogP contribution is -2.42. The molecule has 146 valence electrons. The first kappa shape index (κ1) is 19.9. The van der Waals surface area contributed by atoms with Crippen molar-refractivity contribution in [3.05, 3.63) is 28.4 Å². The van der Waals surface area contributed by atoms with Crippen molar-refractivity contribution < 1.29 is 9.53 Å². The standard InChI is InChI=1S/C20H27BrN4O2/c1-3-5-10-27-20(26)25-8-6-17(7-9-25)23-19-22-13-15-12-16(21)11-14(4-2)18(15)24-19/h11-13,17H,3-10H2,1-2H3,(H,22,23,24). The van der Waals surface area contributed by atoms with Crippen LogP contribution in [-0.4, -0.2) is 46.7 Å². The summed E-state index contributed by atoms with van der Waals surface area (Å²) in [5, 5.41) is 4.48. The Balaban J connectivity index is 1.59. The molecule has 6 nitrogen and oxygen atoms in total. The number of nitrogens with zero attached hydrogens (tertiary/aromatic N) is 3. The van der Waals surface area contributed by atoms with Crippen LogP contribution in [0.5, 0.6) is 0 Å². The minimum Gasteiger partial charge on any atom is -0.449 e. The first-order chi connectivity index (χ1) is 13.1. The van der Waals surface area contributed by atoms with Gasteiger partial charge in [0.1, 0.15) is 0 Å². The van der Waals surface area contributed by atoms with Crippen LogP contribution in [0.1, 0.15) is 45.1 Å². The topological polar surface area (TPSA) is 67.3 Å². The highest BCUT2D eigenvalue weighted by Crippen LogP contribution is 2.24. The van der Waals surface area contributed by atoms with Gasteiger partial charge in [-0.05, 0) is 43.4 Å². The predicted octanol–water partition coefficient (Wildman–Crippen LogP) is 4.77. The molecule has 1 aromatic heterocycles. The molecule has 0 radical (unpaired) electrons. The average molecular weight is 435 g/mol. The predicted molar refractivity (Wildman–Crippen MR) is 111 cm³/mol. The van der Waals surface area contributed by atoms with Crippen molar-refractivity contribution in [2.45, 2.75) is 52.0 Å². The summed E-state index contributed by atoms with van der Waals surface area (Å²) in [5.74, 6) is 0.656. The Bertz CT molecular complexity index is 791. The summed E-state index contributed by atoms with van der Waals surface area (Å²) in [7, 11) is 0.